The standard InChI is InChI=1S/C9H11FN2O5/c1-3-2-12(9(16)11-6(3)14)7-4(10)5(13)8(15)17-7/h2,4-5,7-8,13,15H,1H3,(H,11,14,16). The van der Waals surface area contributed by atoms with Gasteiger partial charge in [-0.05, 0) is 6.92 Å². The van der Waals surface area contributed by atoms with Crippen molar-refractivity contribution in [3.8, 4) is 0 Å². The lowest BCUT2D eigenvalue weighted by atomic mass is 10.2. The summed E-state index contributed by atoms with van der Waals surface area (Å²) in [6.07, 6.45) is -5.72. The lowest BCUT2D eigenvalue weighted by Gasteiger charge is -2.15. The van der Waals surface area contributed by atoms with E-state index in [2.05, 4.69) is 0 Å². The first-order valence-corrected chi connectivity index (χ1v) is 4.89. The maximum Gasteiger partial charge on any atom is 0.330 e. The molecule has 0 amide bonds. The first kappa shape index (κ1) is 12.0. The van der Waals surface area contributed by atoms with Crippen LogP contribution in [0.15, 0.2) is 15.8 Å². The van der Waals surface area contributed by atoms with Gasteiger partial charge in [-0.3, -0.25) is 14.3 Å². The molecule has 1 aliphatic heterocycles. The topological polar surface area (TPSA) is 105 Å². The summed E-state index contributed by atoms with van der Waals surface area (Å²) >= 11 is 0. The van der Waals surface area contributed by atoms with Gasteiger partial charge < -0.3 is 14.9 Å². The average Bonchev–Trinajstić information content (AvgIpc) is 2.51. The van der Waals surface area contributed by atoms with Crippen LogP contribution in [0.1, 0.15) is 11.8 Å². The van der Waals surface area contributed by atoms with Gasteiger partial charge in [0.15, 0.2) is 18.7 Å². The van der Waals surface area contributed by atoms with E-state index in [4.69, 9.17) is 9.84 Å². The summed E-state index contributed by atoms with van der Waals surface area (Å²) in [6, 6.07) is 0. The van der Waals surface area contributed by atoms with Gasteiger partial charge in [0.2, 0.25) is 0 Å². The van der Waals surface area contributed by atoms with Crippen LogP contribution in [0.3, 0.4) is 0 Å². The van der Waals surface area contributed by atoms with E-state index >= 15 is 0 Å². The Bertz CT molecular complexity index is 539. The smallest absolute Gasteiger partial charge is 0.330 e. The number of nitrogens with zero attached hydrogens (tertiary/aromatic N) is 1. The molecule has 2 heterocycles. The first-order valence-electron chi connectivity index (χ1n) is 4.89. The van der Waals surface area contributed by atoms with Crippen molar-refractivity contribution in [3.63, 3.8) is 0 Å². The van der Waals surface area contributed by atoms with E-state index < -0.39 is 36.0 Å². The maximum absolute atomic E-state index is 13.5. The number of hydrogen-bond acceptors (Lipinski definition) is 5. The van der Waals surface area contributed by atoms with E-state index in [1.807, 2.05) is 4.98 Å². The molecule has 0 saturated carbocycles. The third-order valence-corrected chi connectivity index (χ3v) is 2.59. The predicted octanol–water partition coefficient (Wildman–Crippen LogP) is -1.61. The van der Waals surface area contributed by atoms with Crippen LogP contribution in [0.5, 0.6) is 0 Å². The van der Waals surface area contributed by atoms with Crippen LogP contribution >= 0.6 is 0 Å². The van der Waals surface area contributed by atoms with Gasteiger partial charge in [0, 0.05) is 11.8 Å². The fourth-order valence-corrected chi connectivity index (χ4v) is 1.62. The molecule has 1 aromatic rings. The molecule has 7 nitrogen and oxygen atoms in total. The number of H-pyrrole nitrogens is 1. The van der Waals surface area contributed by atoms with E-state index in [1.54, 1.807) is 0 Å². The Morgan fingerprint density at radius 1 is 1.47 bits per heavy atom. The van der Waals surface area contributed by atoms with E-state index in [9.17, 15) is 19.1 Å². The van der Waals surface area contributed by atoms with Gasteiger partial charge in [-0.2, -0.15) is 0 Å². The summed E-state index contributed by atoms with van der Waals surface area (Å²) in [4.78, 5) is 24.5. The molecule has 3 N–H and O–H groups in total. The summed E-state index contributed by atoms with van der Waals surface area (Å²) in [5.74, 6) is 0. The predicted molar refractivity (Wildman–Crippen MR) is 53.1 cm³/mol. The Hall–Kier alpha value is -1.51. The number of rotatable bonds is 1. The quantitative estimate of drug-likeness (QED) is 0.553. The van der Waals surface area contributed by atoms with Crippen molar-refractivity contribution in [3.05, 3.63) is 32.6 Å². The second kappa shape index (κ2) is 4.06. The molecule has 2 rings (SSSR count). The maximum atomic E-state index is 13.5. The van der Waals surface area contributed by atoms with Gasteiger partial charge in [0.05, 0.1) is 0 Å². The van der Waals surface area contributed by atoms with Gasteiger partial charge in [0.1, 0.15) is 6.10 Å². The number of nitrogens with one attached hydrogen (secondary N) is 1. The van der Waals surface area contributed by atoms with Crippen molar-refractivity contribution in [2.75, 3.05) is 0 Å². The molecule has 1 aliphatic rings. The van der Waals surface area contributed by atoms with Crippen molar-refractivity contribution in [1.82, 2.24) is 9.55 Å². The minimum absolute atomic E-state index is 0.191. The molecule has 94 valence electrons. The molecule has 0 spiro atoms. The number of aliphatic hydroxyl groups excluding tert-OH is 2. The Balaban J connectivity index is 2.46. The summed E-state index contributed by atoms with van der Waals surface area (Å²) in [6.45, 7) is 1.43. The number of hydrogen-bond donors (Lipinski definition) is 3. The zero-order valence-electron chi connectivity index (χ0n) is 8.83. The second-order valence-corrected chi connectivity index (χ2v) is 3.83. The van der Waals surface area contributed by atoms with Crippen LogP contribution < -0.4 is 11.2 Å². The number of aliphatic hydroxyl groups is 2. The van der Waals surface area contributed by atoms with Crippen molar-refractivity contribution in [2.24, 2.45) is 0 Å². The third-order valence-electron chi connectivity index (χ3n) is 2.59. The molecular weight excluding hydrogens is 235 g/mol. The van der Waals surface area contributed by atoms with E-state index in [0.717, 1.165) is 10.8 Å². The Morgan fingerprint density at radius 3 is 2.65 bits per heavy atom. The molecule has 1 saturated heterocycles. The van der Waals surface area contributed by atoms with Crippen molar-refractivity contribution >= 4 is 0 Å². The zero-order valence-corrected chi connectivity index (χ0v) is 8.83. The van der Waals surface area contributed by atoms with Crippen LogP contribution in [-0.2, 0) is 4.74 Å². The van der Waals surface area contributed by atoms with Gasteiger partial charge in [-0.1, -0.05) is 0 Å². The third kappa shape index (κ3) is 1.90. The van der Waals surface area contributed by atoms with E-state index in [1.165, 1.54) is 6.92 Å². The average molecular weight is 246 g/mol. The van der Waals surface area contributed by atoms with Gasteiger partial charge >= 0.3 is 5.69 Å². The van der Waals surface area contributed by atoms with Crippen molar-refractivity contribution < 1.29 is 19.3 Å². The molecule has 0 radical (unpaired) electrons. The fourth-order valence-electron chi connectivity index (χ4n) is 1.62. The molecule has 0 aliphatic carbocycles. The molecule has 17 heavy (non-hydrogen) atoms. The van der Waals surface area contributed by atoms with Crippen LogP contribution in [0.4, 0.5) is 4.39 Å². The van der Waals surface area contributed by atoms with Gasteiger partial charge in [0.25, 0.3) is 5.56 Å². The molecule has 0 bridgehead atoms. The number of alkyl halides is 1. The summed E-state index contributed by atoms with van der Waals surface area (Å²) in [5, 5.41) is 18.3. The lowest BCUT2D eigenvalue weighted by Crippen LogP contribution is -2.36. The van der Waals surface area contributed by atoms with Gasteiger partial charge in [-0.25, -0.2) is 9.18 Å². The number of halogens is 1. The van der Waals surface area contributed by atoms with Crippen LogP contribution in [-0.4, -0.2) is 38.3 Å². The monoisotopic (exact) mass is 246 g/mol. The normalized spacial score (nSPS) is 32.9. The minimum Gasteiger partial charge on any atom is -0.385 e. The zero-order chi connectivity index (χ0) is 12.7. The van der Waals surface area contributed by atoms with E-state index in [0.29, 0.717) is 0 Å². The lowest BCUT2D eigenvalue weighted by molar-refractivity contribution is -0.142. The summed E-state index contributed by atoms with van der Waals surface area (Å²) in [7, 11) is 0. The Kier molecular flexibility index (Phi) is 2.86. The summed E-state index contributed by atoms with van der Waals surface area (Å²) in [5.41, 5.74) is -1.26. The highest BCUT2D eigenvalue weighted by Gasteiger charge is 2.44. The fraction of sp³-hybridized carbons (Fsp3) is 0.556. The van der Waals surface area contributed by atoms with Crippen LogP contribution in [0, 0.1) is 6.92 Å². The van der Waals surface area contributed by atoms with E-state index in [-0.39, 0.29) is 5.56 Å². The number of ether oxygens (including phenoxy) is 1. The highest BCUT2D eigenvalue weighted by atomic mass is 19.1. The second-order valence-electron chi connectivity index (χ2n) is 3.83. The molecule has 4 unspecified atom stereocenters. The SMILES string of the molecule is Cc1cn(C2OC(O)C(O)C2F)c(=O)[nH]c1=O. The molecular formula is C9H11FN2O5. The molecule has 8 heteroatoms. The Morgan fingerprint density at radius 2 is 2.12 bits per heavy atom. The number of aryl methyl sites for hydroxylation is 1. The highest BCUT2D eigenvalue weighted by molar-refractivity contribution is 5.02. The van der Waals surface area contributed by atoms with Crippen LogP contribution in [0.2, 0.25) is 0 Å². The summed E-state index contributed by atoms with van der Waals surface area (Å²) < 4.78 is 19.1. The van der Waals surface area contributed by atoms with Gasteiger partial charge in [-0.15, -0.1) is 0 Å². The first-order chi connectivity index (χ1) is 7.91. The van der Waals surface area contributed by atoms with Crippen molar-refractivity contribution in [2.45, 2.75) is 31.7 Å². The highest BCUT2D eigenvalue weighted by Crippen LogP contribution is 2.29. The number of aromatic amines is 1. The van der Waals surface area contributed by atoms with Crippen molar-refractivity contribution in [1.29, 1.82) is 0 Å². The minimum atomic E-state index is -1.95. The largest absolute Gasteiger partial charge is 0.385 e. The van der Waals surface area contributed by atoms with Crippen LogP contribution in [0.25, 0.3) is 0 Å². The molecule has 4 atom stereocenters. The number of aromatic nitrogens is 2. The molecule has 1 fully saturated rings. The molecule has 0 aromatic carbocycles. The Labute approximate surface area is 94.1 Å². The molecule has 1 aromatic heterocycles.